The van der Waals surface area contributed by atoms with Crippen LogP contribution in [0.4, 0.5) is 11.4 Å². The molecule has 0 saturated carbocycles. The van der Waals surface area contributed by atoms with Gasteiger partial charge in [0.25, 0.3) is 5.91 Å². The minimum atomic E-state index is -4.25. The summed E-state index contributed by atoms with van der Waals surface area (Å²) in [4.78, 5) is 38.7. The van der Waals surface area contributed by atoms with Crippen molar-refractivity contribution in [3.8, 4) is 0 Å². The number of rotatable bonds is 7. The van der Waals surface area contributed by atoms with Crippen molar-refractivity contribution in [2.45, 2.75) is 37.8 Å². The Morgan fingerprint density at radius 3 is 2.28 bits per heavy atom. The van der Waals surface area contributed by atoms with Gasteiger partial charge >= 0.3 is 0 Å². The molecule has 0 radical (unpaired) electrons. The van der Waals surface area contributed by atoms with Crippen molar-refractivity contribution in [3.63, 3.8) is 0 Å². The molecule has 3 amide bonds. The van der Waals surface area contributed by atoms with E-state index in [2.05, 4.69) is 5.32 Å². The van der Waals surface area contributed by atoms with Gasteiger partial charge in [-0.25, -0.2) is 13.3 Å². The number of carbonyl (C=O) groups is 3. The van der Waals surface area contributed by atoms with E-state index in [1.807, 2.05) is 6.92 Å². The zero-order chi connectivity index (χ0) is 26.0. The van der Waals surface area contributed by atoms with Crippen LogP contribution in [0.25, 0.3) is 0 Å². The summed E-state index contributed by atoms with van der Waals surface area (Å²) in [5.74, 6) is -1.42. The number of nitrogens with zero attached hydrogens (tertiary/aromatic N) is 2. The molecule has 1 heterocycles. The summed E-state index contributed by atoms with van der Waals surface area (Å²) >= 11 is 6.32. The van der Waals surface area contributed by atoms with E-state index >= 15 is 0 Å². The molecule has 0 aliphatic carbocycles. The Hall–Kier alpha value is -3.53. The maximum Gasteiger partial charge on any atom is 0.252 e. The number of imide groups is 1. The summed E-state index contributed by atoms with van der Waals surface area (Å²) in [5.41, 5.74) is 2.26. The monoisotopic (exact) mass is 525 g/mol. The predicted molar refractivity (Wildman–Crippen MR) is 137 cm³/mol. The molecule has 1 saturated heterocycles. The highest BCUT2D eigenvalue weighted by molar-refractivity contribution is 7.89. The van der Waals surface area contributed by atoms with Crippen LogP contribution < -0.4 is 10.2 Å². The molecule has 1 atom stereocenters. The maximum atomic E-state index is 13.8. The Labute approximate surface area is 214 Å². The number of halogens is 1. The summed E-state index contributed by atoms with van der Waals surface area (Å²) in [7, 11) is -4.25. The van der Waals surface area contributed by atoms with Gasteiger partial charge in [-0.05, 0) is 55.0 Å². The number of anilines is 2. The number of nitrogens with one attached hydrogen (secondary N) is 1. The number of carbonyl (C=O) groups excluding carboxylic acids is 3. The molecule has 1 unspecified atom stereocenters. The zero-order valence-corrected chi connectivity index (χ0v) is 21.2. The highest BCUT2D eigenvalue weighted by Crippen LogP contribution is 2.32. The molecule has 0 aromatic heterocycles. The molecule has 3 aromatic carbocycles. The Balaban J connectivity index is 1.74. The largest absolute Gasteiger partial charge is 0.326 e. The van der Waals surface area contributed by atoms with Gasteiger partial charge in [-0.15, -0.1) is 0 Å². The molecule has 1 aliphatic heterocycles. The lowest BCUT2D eigenvalue weighted by Crippen LogP contribution is -2.45. The van der Waals surface area contributed by atoms with Crippen molar-refractivity contribution >= 4 is 50.7 Å². The average Bonchev–Trinajstić information content (AvgIpc) is 3.12. The molecule has 8 nitrogen and oxygen atoms in total. The van der Waals surface area contributed by atoms with Gasteiger partial charge in [-0.1, -0.05) is 47.5 Å². The van der Waals surface area contributed by atoms with Crippen molar-refractivity contribution < 1.29 is 22.8 Å². The Morgan fingerprint density at radius 1 is 1.03 bits per heavy atom. The van der Waals surface area contributed by atoms with Crippen LogP contribution in [0.15, 0.2) is 77.7 Å². The van der Waals surface area contributed by atoms with Gasteiger partial charge in [-0.3, -0.25) is 14.4 Å². The number of sulfonamides is 1. The van der Waals surface area contributed by atoms with E-state index < -0.39 is 27.9 Å². The third-order valence-corrected chi connectivity index (χ3v) is 8.07. The number of amides is 3. The molecule has 1 fully saturated rings. The first-order valence-corrected chi connectivity index (χ1v) is 13.0. The van der Waals surface area contributed by atoms with E-state index in [1.165, 1.54) is 31.2 Å². The molecular weight excluding hydrogens is 502 g/mol. The molecule has 4 rings (SSSR count). The second kappa shape index (κ2) is 10.2. The summed E-state index contributed by atoms with van der Waals surface area (Å²) in [6.45, 7) is 3.02. The van der Waals surface area contributed by atoms with E-state index in [0.29, 0.717) is 22.0 Å². The first kappa shape index (κ1) is 25.6. The fourth-order valence-electron chi connectivity index (χ4n) is 4.01. The summed E-state index contributed by atoms with van der Waals surface area (Å²) in [5, 5.41) is 2.92. The third kappa shape index (κ3) is 5.18. The van der Waals surface area contributed by atoms with E-state index in [9.17, 15) is 22.8 Å². The van der Waals surface area contributed by atoms with Gasteiger partial charge < -0.3 is 5.32 Å². The number of benzene rings is 3. The summed E-state index contributed by atoms with van der Waals surface area (Å²) in [6, 6.07) is 18.0. The van der Waals surface area contributed by atoms with Crippen molar-refractivity contribution in [1.29, 1.82) is 0 Å². The topological polar surface area (TPSA) is 104 Å². The van der Waals surface area contributed by atoms with Gasteiger partial charge in [0.1, 0.15) is 6.04 Å². The lowest BCUT2D eigenvalue weighted by molar-refractivity contribution is -0.122. The normalized spacial score (nSPS) is 16.0. The van der Waals surface area contributed by atoms with E-state index in [4.69, 9.17) is 11.6 Å². The fraction of sp³-hybridized carbons (Fsp3) is 0.192. The molecule has 1 aliphatic rings. The summed E-state index contributed by atoms with van der Waals surface area (Å²) in [6.07, 6.45) is -0.305. The third-order valence-electron chi connectivity index (χ3n) is 5.83. The number of aryl methyl sites for hydroxylation is 1. The Bertz CT molecular complexity index is 1420. The van der Waals surface area contributed by atoms with Crippen LogP contribution in [0.1, 0.15) is 24.5 Å². The number of hydrogen-bond acceptors (Lipinski definition) is 5. The van der Waals surface area contributed by atoms with Gasteiger partial charge in [0.15, 0.2) is 0 Å². The van der Waals surface area contributed by atoms with Crippen LogP contribution in [0, 0.1) is 6.92 Å². The van der Waals surface area contributed by atoms with Crippen molar-refractivity contribution in [3.05, 3.63) is 88.9 Å². The maximum absolute atomic E-state index is 13.8. The van der Waals surface area contributed by atoms with E-state index in [-0.39, 0.29) is 23.8 Å². The van der Waals surface area contributed by atoms with Crippen LogP contribution in [0.5, 0.6) is 0 Å². The van der Waals surface area contributed by atoms with E-state index in [1.54, 1.807) is 48.5 Å². The fourth-order valence-corrected chi connectivity index (χ4v) is 5.77. The highest BCUT2D eigenvalue weighted by atomic mass is 35.5. The lowest BCUT2D eigenvalue weighted by Gasteiger charge is -2.27. The molecule has 186 valence electrons. The van der Waals surface area contributed by atoms with E-state index in [0.717, 1.165) is 14.8 Å². The SMILES string of the molecule is CC(=O)Nc1ccc(S(=O)(=O)N(Cc2ccccc2Cl)C2CC(=O)N(c3ccc(C)cc3)C2=O)cc1. The molecule has 1 N–H and O–H groups in total. The highest BCUT2D eigenvalue weighted by Gasteiger charge is 2.47. The summed E-state index contributed by atoms with van der Waals surface area (Å²) < 4.78 is 28.7. The minimum absolute atomic E-state index is 0.0855. The van der Waals surface area contributed by atoms with Crippen LogP contribution in [-0.4, -0.2) is 36.5 Å². The van der Waals surface area contributed by atoms with Gasteiger partial charge in [0, 0.05) is 24.2 Å². The molecule has 0 bridgehead atoms. The Morgan fingerprint density at radius 2 is 1.67 bits per heavy atom. The first-order valence-electron chi connectivity index (χ1n) is 11.1. The molecule has 0 spiro atoms. The second-order valence-corrected chi connectivity index (χ2v) is 10.8. The van der Waals surface area contributed by atoms with Crippen molar-refractivity contribution in [1.82, 2.24) is 4.31 Å². The molecule has 10 heteroatoms. The van der Waals surface area contributed by atoms with Crippen LogP contribution >= 0.6 is 11.6 Å². The average molecular weight is 526 g/mol. The lowest BCUT2D eigenvalue weighted by atomic mass is 10.2. The van der Waals surface area contributed by atoms with Gasteiger partial charge in [-0.2, -0.15) is 4.31 Å². The second-order valence-electron chi connectivity index (χ2n) is 8.47. The molecular formula is C26H24ClN3O5S. The van der Waals surface area contributed by atoms with Gasteiger partial charge in [0.05, 0.1) is 17.0 Å². The first-order chi connectivity index (χ1) is 17.1. The zero-order valence-electron chi connectivity index (χ0n) is 19.6. The minimum Gasteiger partial charge on any atom is -0.326 e. The number of hydrogen-bond donors (Lipinski definition) is 1. The van der Waals surface area contributed by atoms with Gasteiger partial charge in [0.2, 0.25) is 21.8 Å². The van der Waals surface area contributed by atoms with Crippen molar-refractivity contribution in [2.75, 3.05) is 10.2 Å². The van der Waals surface area contributed by atoms with Crippen molar-refractivity contribution in [2.24, 2.45) is 0 Å². The molecule has 36 heavy (non-hydrogen) atoms. The van der Waals surface area contributed by atoms with Crippen LogP contribution in [0.2, 0.25) is 5.02 Å². The smallest absolute Gasteiger partial charge is 0.252 e. The standard InChI is InChI=1S/C26H24ClN3O5S/c1-17-7-11-21(12-8-17)30-25(32)15-24(26(30)33)29(16-19-5-3-4-6-23(19)27)36(34,35)22-13-9-20(10-14-22)28-18(2)31/h3-14,24H,15-16H2,1-2H3,(H,28,31). The predicted octanol–water partition coefficient (Wildman–Crippen LogP) is 4.13. The van der Waals surface area contributed by atoms with Crippen LogP contribution in [-0.2, 0) is 31.0 Å². The quantitative estimate of drug-likeness (QED) is 0.467. The van der Waals surface area contributed by atoms with Crippen LogP contribution in [0.3, 0.4) is 0 Å². The Kier molecular flexibility index (Phi) is 7.26. The molecule has 3 aromatic rings.